The van der Waals surface area contributed by atoms with Gasteiger partial charge in [0.2, 0.25) is 5.58 Å². The molecule has 0 saturated carbocycles. The molecule has 0 radical (unpaired) electrons. The van der Waals surface area contributed by atoms with Crippen LogP contribution < -0.4 is 65.2 Å². The van der Waals surface area contributed by atoms with Crippen molar-refractivity contribution in [3.05, 3.63) is 132 Å². The van der Waals surface area contributed by atoms with Crippen molar-refractivity contribution in [3.8, 4) is 5.75 Å². The van der Waals surface area contributed by atoms with Gasteiger partial charge < -0.3 is 27.1 Å². The molecule has 294 valence electrons. The average Bonchev–Trinajstić information content (AvgIpc) is 4.00. The Morgan fingerprint density at radius 1 is 0.746 bits per heavy atom. The monoisotopic (exact) mass is 855 g/mol. The Hall–Kier alpha value is -4.13. The van der Waals surface area contributed by atoms with Gasteiger partial charge in [-0.3, -0.25) is 0 Å². The number of quaternary nitrogens is 1. The summed E-state index contributed by atoms with van der Waals surface area (Å²) >= 11 is 0. The van der Waals surface area contributed by atoms with Crippen molar-refractivity contribution < 1.29 is 99.9 Å². The molecule has 1 spiro atoms. The summed E-state index contributed by atoms with van der Waals surface area (Å²) < 4.78 is 101. The quantitative estimate of drug-likeness (QED) is 0.0573. The number of benzene rings is 5. The number of nitrogens with zero attached hydrogens (tertiary/aromatic N) is 2. The minimum atomic E-state index is -4.82. The number of aryl methyl sites for hydroxylation is 1. The number of ether oxygens (including phenoxy) is 1. The maximum absolute atomic E-state index is 13.1. The zero-order valence-corrected chi connectivity index (χ0v) is 36.8. The van der Waals surface area contributed by atoms with E-state index in [0.717, 1.165) is 32.7 Å². The fourth-order valence-corrected chi connectivity index (χ4v) is 10.6. The number of furan rings is 2. The topological polar surface area (TPSA) is 167 Å². The van der Waals surface area contributed by atoms with Crippen molar-refractivity contribution in [2.24, 2.45) is 0 Å². The van der Waals surface area contributed by atoms with E-state index < -0.39 is 31.4 Å². The predicted molar refractivity (Wildman–Crippen MR) is 217 cm³/mol. The number of para-hydroxylation sites is 2. The van der Waals surface area contributed by atoms with Crippen LogP contribution in [0.15, 0.2) is 134 Å². The van der Waals surface area contributed by atoms with Crippen molar-refractivity contribution in [3.63, 3.8) is 0 Å². The summed E-state index contributed by atoms with van der Waals surface area (Å²) in [5.74, 6) is 0.681. The van der Waals surface area contributed by atoms with E-state index in [9.17, 15) is 25.9 Å². The average molecular weight is 856 g/mol. The Bertz CT molecular complexity index is 3240. The summed E-state index contributed by atoms with van der Waals surface area (Å²) in [4.78, 5) is 0. The van der Waals surface area contributed by atoms with Crippen LogP contribution in [0.25, 0.3) is 61.1 Å². The smallest absolute Gasteiger partial charge is 0.748 e. The normalized spacial score (nSPS) is 19.1. The van der Waals surface area contributed by atoms with Crippen molar-refractivity contribution in [2.45, 2.75) is 44.0 Å². The minimum absolute atomic E-state index is 0. The molecular weight excluding hydrogens is 820 g/mol. The largest absolute Gasteiger partial charge is 1.00 e. The van der Waals surface area contributed by atoms with Gasteiger partial charge in [-0.05, 0) is 48.2 Å². The third-order valence-electron chi connectivity index (χ3n) is 11.4. The van der Waals surface area contributed by atoms with Crippen LogP contribution >= 0.6 is 0 Å². The van der Waals surface area contributed by atoms with Crippen LogP contribution in [-0.4, -0.2) is 43.6 Å². The molecule has 12 nitrogen and oxygen atoms in total. The second-order valence-electron chi connectivity index (χ2n) is 15.0. The van der Waals surface area contributed by atoms with Gasteiger partial charge >= 0.3 is 63.2 Å². The van der Waals surface area contributed by atoms with Crippen molar-refractivity contribution in [2.75, 3.05) is 12.3 Å². The number of aromatic nitrogens is 1. The van der Waals surface area contributed by atoms with Gasteiger partial charge in [0.1, 0.15) is 22.3 Å². The van der Waals surface area contributed by atoms with Crippen molar-refractivity contribution >= 4 is 87.0 Å². The molecule has 10 rings (SSSR count). The summed E-state index contributed by atoms with van der Waals surface area (Å²) in [6.07, 6.45) is 5.20. The zero-order chi connectivity index (χ0) is 39.8. The van der Waals surface area contributed by atoms with Gasteiger partial charge in [-0.25, -0.2) is 21.3 Å². The molecule has 8 aromatic rings. The van der Waals surface area contributed by atoms with Gasteiger partial charge in [0.05, 0.1) is 28.8 Å². The molecule has 2 atom stereocenters. The maximum atomic E-state index is 13.1. The summed E-state index contributed by atoms with van der Waals surface area (Å²) in [6.45, 7) is 0.635. The molecule has 15 heteroatoms. The van der Waals surface area contributed by atoms with E-state index in [-0.39, 0.29) is 68.7 Å². The molecule has 1 fully saturated rings. The third-order valence-corrected chi connectivity index (χ3v) is 13.5. The SMILES string of the molecule is O=S(=O)([O-])CCCC[n+]1c(C=C(C=C2Oc3cc4c(cc3[N+]23CCCC3S(=O)(=O)[O-])oc2ccccc24)Cc2ccccc2)oc2cc3c(cc21)oc1ccccc13.[K+]. The molecule has 1 saturated heterocycles. The summed E-state index contributed by atoms with van der Waals surface area (Å²) in [5, 5.41) is 2.15. The van der Waals surface area contributed by atoms with E-state index in [1.807, 2.05) is 120 Å². The molecule has 59 heavy (non-hydrogen) atoms. The van der Waals surface area contributed by atoms with Gasteiger partial charge in [-0.15, -0.1) is 0 Å². The van der Waals surface area contributed by atoms with E-state index in [1.54, 1.807) is 0 Å². The molecule has 0 amide bonds. The molecule has 5 heterocycles. The van der Waals surface area contributed by atoms with Crippen molar-refractivity contribution in [1.29, 1.82) is 0 Å². The fraction of sp³-hybridized carbons (Fsp3) is 0.205. The number of hydrogen-bond acceptors (Lipinski definition) is 10. The first kappa shape index (κ1) is 40.3. The van der Waals surface area contributed by atoms with Gasteiger partial charge in [0.15, 0.2) is 33.5 Å². The summed E-state index contributed by atoms with van der Waals surface area (Å²) in [6, 6.07) is 32.6. The zero-order valence-electron chi connectivity index (χ0n) is 32.0. The molecular formula is C44H36KN2O10S2+. The van der Waals surface area contributed by atoms with E-state index in [4.69, 9.17) is 18.0 Å². The van der Waals surface area contributed by atoms with Crippen LogP contribution in [0.2, 0.25) is 0 Å². The van der Waals surface area contributed by atoms with Gasteiger partial charge in [-0.2, -0.15) is 4.57 Å². The predicted octanol–water partition coefficient (Wildman–Crippen LogP) is 5.38. The number of rotatable bonds is 10. The van der Waals surface area contributed by atoms with Gasteiger partial charge in [0, 0.05) is 58.7 Å². The standard InChI is InChI=1S/C44H36N2O10S2.K/c47-57(48,49)20-9-8-18-45-34-26-38-32(30-13-4-6-15-36(30)53-38)24-40(34)55-42(45)22-29(21-28-11-2-1-3-12-28)23-43-46(19-10-17-44(46)58(50,51)52)35-27-39-33(25-41(35)56-43)31-14-5-7-16-37(31)54-39;/h1-7,11-16,22-27,44H,8-10,17-21H2;/q;+1. The van der Waals surface area contributed by atoms with Crippen LogP contribution in [0.4, 0.5) is 5.69 Å². The van der Waals surface area contributed by atoms with Crippen LogP contribution in [0.3, 0.4) is 0 Å². The molecule has 0 bridgehead atoms. The maximum Gasteiger partial charge on any atom is 1.00 e. The fourth-order valence-electron chi connectivity index (χ4n) is 8.86. The molecule has 5 aromatic carbocycles. The number of allylic oxidation sites excluding steroid dienone is 2. The van der Waals surface area contributed by atoms with E-state index in [1.165, 1.54) is 0 Å². The minimum Gasteiger partial charge on any atom is -0.748 e. The molecule has 0 N–H and O–H groups in total. The molecule has 3 aromatic heterocycles. The second-order valence-corrected chi connectivity index (χ2v) is 18.1. The number of unbranched alkanes of at least 4 members (excludes halogenated alkanes) is 1. The van der Waals surface area contributed by atoms with Gasteiger partial charge in [-0.1, -0.05) is 66.7 Å². The van der Waals surface area contributed by atoms with E-state index in [2.05, 4.69) is 0 Å². The van der Waals surface area contributed by atoms with Crippen LogP contribution in [0.5, 0.6) is 5.75 Å². The Kier molecular flexibility index (Phi) is 10.5. The molecule has 2 aliphatic rings. The van der Waals surface area contributed by atoms with Crippen molar-refractivity contribution in [1.82, 2.24) is 4.48 Å². The first-order chi connectivity index (χ1) is 27.9. The first-order valence-corrected chi connectivity index (χ1v) is 22.1. The Balaban J connectivity index is 0.00000449. The molecule has 2 unspecified atom stereocenters. The molecule has 2 aliphatic heterocycles. The number of oxazole rings is 1. The molecule has 0 aliphatic carbocycles. The second kappa shape index (κ2) is 15.4. The van der Waals surface area contributed by atoms with Crippen LogP contribution in [-0.2, 0) is 33.2 Å². The van der Waals surface area contributed by atoms with Gasteiger partial charge in [0.25, 0.3) is 5.52 Å². The number of fused-ring (bicyclic) bond motifs is 9. The summed E-state index contributed by atoms with van der Waals surface area (Å²) in [5.41, 5.74) is 6.07. The first-order valence-electron chi connectivity index (χ1n) is 19.1. The number of hydrogen-bond donors (Lipinski definition) is 0. The summed E-state index contributed by atoms with van der Waals surface area (Å²) in [7, 11) is -9.23. The Morgan fingerprint density at radius 2 is 1.41 bits per heavy atom. The third kappa shape index (κ3) is 7.30. The van der Waals surface area contributed by atoms with Crippen LogP contribution in [0.1, 0.15) is 37.1 Å². The Morgan fingerprint density at radius 3 is 2.10 bits per heavy atom. The Labute approximate surface area is 381 Å². The van der Waals surface area contributed by atoms with E-state index in [0.29, 0.717) is 89.0 Å². The van der Waals surface area contributed by atoms with Crippen LogP contribution in [0, 0.1) is 0 Å². The van der Waals surface area contributed by atoms with E-state index >= 15 is 0 Å².